The van der Waals surface area contributed by atoms with Crippen molar-refractivity contribution >= 4 is 12.1 Å². The third-order valence-electron chi connectivity index (χ3n) is 5.12. The van der Waals surface area contributed by atoms with Crippen LogP contribution in [-0.2, 0) is 14.2 Å². The summed E-state index contributed by atoms with van der Waals surface area (Å²) in [5, 5.41) is 0. The molecule has 1 saturated carbocycles. The second kappa shape index (κ2) is 8.75. The lowest BCUT2D eigenvalue weighted by Gasteiger charge is -2.21. The van der Waals surface area contributed by atoms with Gasteiger partial charge in [-0.25, -0.2) is 9.59 Å². The minimum Gasteiger partial charge on any atom is -0.487 e. The summed E-state index contributed by atoms with van der Waals surface area (Å²) in [7, 11) is 0. The first-order chi connectivity index (χ1) is 14.9. The van der Waals surface area contributed by atoms with Gasteiger partial charge in [-0.1, -0.05) is 42.5 Å². The van der Waals surface area contributed by atoms with E-state index in [9.17, 15) is 18.4 Å². The van der Waals surface area contributed by atoms with Gasteiger partial charge in [0.15, 0.2) is 12.7 Å². The Balaban J connectivity index is 1.45. The minimum absolute atomic E-state index is 0.163. The van der Waals surface area contributed by atoms with Gasteiger partial charge in [0.05, 0.1) is 11.5 Å². The van der Waals surface area contributed by atoms with E-state index < -0.39 is 48.9 Å². The predicted octanol–water partition coefficient (Wildman–Crippen LogP) is 4.41. The van der Waals surface area contributed by atoms with Crippen LogP contribution in [0.1, 0.15) is 16.8 Å². The zero-order valence-corrected chi connectivity index (χ0v) is 16.4. The van der Waals surface area contributed by atoms with Gasteiger partial charge in [0, 0.05) is 6.42 Å². The lowest BCUT2D eigenvalue weighted by atomic mass is 10.0. The van der Waals surface area contributed by atoms with Crippen molar-refractivity contribution < 1.29 is 37.3 Å². The highest BCUT2D eigenvalue weighted by atomic mass is 19.3. The van der Waals surface area contributed by atoms with E-state index in [1.807, 2.05) is 0 Å². The average molecular weight is 430 g/mol. The summed E-state index contributed by atoms with van der Waals surface area (Å²) in [5.74, 6) is -4.32. The Morgan fingerprint density at radius 1 is 1.06 bits per heavy atom. The number of rotatable bonds is 7. The van der Waals surface area contributed by atoms with Crippen LogP contribution in [0.3, 0.4) is 0 Å². The molecule has 0 radical (unpaired) electrons. The number of fused-ring (bicyclic) bond motifs is 1. The lowest BCUT2D eigenvalue weighted by molar-refractivity contribution is 0.00156. The van der Waals surface area contributed by atoms with Crippen molar-refractivity contribution in [3.63, 3.8) is 0 Å². The molecule has 1 aliphatic heterocycles. The van der Waals surface area contributed by atoms with Gasteiger partial charge in [-0.15, -0.1) is 0 Å². The molecule has 4 atom stereocenters. The predicted molar refractivity (Wildman–Crippen MR) is 105 cm³/mol. The van der Waals surface area contributed by atoms with Gasteiger partial charge < -0.3 is 18.9 Å². The van der Waals surface area contributed by atoms with Gasteiger partial charge >= 0.3 is 12.1 Å². The SMILES string of the molecule is O=C1O[C@@H]2[C@@H](/C=C/C(F)(F)COc3ccccc3)[C@H](OC(=O)c3ccccc3)C[C@@H]2O1. The molecule has 6 nitrogen and oxygen atoms in total. The molecule has 1 aliphatic carbocycles. The largest absolute Gasteiger partial charge is 0.509 e. The monoisotopic (exact) mass is 430 g/mol. The standard InChI is InChI=1S/C23H20F2O6/c24-23(25,14-28-16-9-5-2-6-10-16)12-11-17-18(13-19-20(17)31-22(27)30-19)29-21(26)15-7-3-1-4-8-15/h1-12,17-20H,13-14H2/b12-11+/t17-,18+,19-,20+/m0/s1. The Bertz CT molecular complexity index is 947. The van der Waals surface area contributed by atoms with Crippen LogP contribution in [0, 0.1) is 5.92 Å². The molecule has 0 bridgehead atoms. The molecule has 0 spiro atoms. The van der Waals surface area contributed by atoms with Crippen molar-refractivity contribution in [2.24, 2.45) is 5.92 Å². The molecule has 2 fully saturated rings. The molecule has 31 heavy (non-hydrogen) atoms. The first-order valence-corrected chi connectivity index (χ1v) is 9.80. The molecule has 0 unspecified atom stereocenters. The molecule has 4 rings (SSSR count). The number of hydrogen-bond acceptors (Lipinski definition) is 6. The second-order valence-corrected chi connectivity index (χ2v) is 7.33. The highest BCUT2D eigenvalue weighted by Crippen LogP contribution is 2.39. The van der Waals surface area contributed by atoms with Crippen molar-refractivity contribution in [1.29, 1.82) is 0 Å². The molecule has 2 aliphatic rings. The molecule has 2 aromatic carbocycles. The highest BCUT2D eigenvalue weighted by molar-refractivity contribution is 5.89. The zero-order valence-electron chi connectivity index (χ0n) is 16.4. The molecule has 1 saturated heterocycles. The molecule has 0 N–H and O–H groups in total. The third kappa shape index (κ3) is 5.02. The Labute approximate surface area is 177 Å². The molecule has 0 aromatic heterocycles. The van der Waals surface area contributed by atoms with E-state index in [-0.39, 0.29) is 6.42 Å². The van der Waals surface area contributed by atoms with Crippen molar-refractivity contribution in [1.82, 2.24) is 0 Å². The number of esters is 1. The Kier molecular flexibility index (Phi) is 5.88. The summed E-state index contributed by atoms with van der Waals surface area (Å²) < 4.78 is 49.6. The van der Waals surface area contributed by atoms with E-state index >= 15 is 0 Å². The summed E-state index contributed by atoms with van der Waals surface area (Å²) in [6.07, 6.45) is -1.04. The van der Waals surface area contributed by atoms with E-state index in [0.717, 1.165) is 0 Å². The van der Waals surface area contributed by atoms with Crippen molar-refractivity contribution in [2.75, 3.05) is 6.61 Å². The number of para-hydroxylation sites is 1. The second-order valence-electron chi connectivity index (χ2n) is 7.33. The molecule has 1 heterocycles. The van der Waals surface area contributed by atoms with Crippen LogP contribution in [0.25, 0.3) is 0 Å². The van der Waals surface area contributed by atoms with Gasteiger partial charge in [0.1, 0.15) is 18.0 Å². The first-order valence-electron chi connectivity index (χ1n) is 9.80. The first kappa shape index (κ1) is 20.8. The number of hydrogen-bond donors (Lipinski definition) is 0. The molecular formula is C23H20F2O6. The van der Waals surface area contributed by atoms with Crippen molar-refractivity contribution in [3.8, 4) is 5.75 Å². The quantitative estimate of drug-likeness (QED) is 0.479. The fourth-order valence-corrected chi connectivity index (χ4v) is 3.65. The molecular weight excluding hydrogens is 410 g/mol. The number of halogens is 2. The van der Waals surface area contributed by atoms with Crippen LogP contribution in [0.15, 0.2) is 72.8 Å². The van der Waals surface area contributed by atoms with E-state index in [0.29, 0.717) is 17.4 Å². The van der Waals surface area contributed by atoms with Gasteiger partial charge in [-0.05, 0) is 30.3 Å². The van der Waals surface area contributed by atoms with Crippen molar-refractivity contribution in [2.45, 2.75) is 30.7 Å². The van der Waals surface area contributed by atoms with Crippen LogP contribution < -0.4 is 4.74 Å². The summed E-state index contributed by atoms with van der Waals surface area (Å²) in [4.78, 5) is 23.9. The van der Waals surface area contributed by atoms with E-state index in [2.05, 4.69) is 0 Å². The minimum atomic E-state index is -3.29. The summed E-state index contributed by atoms with van der Waals surface area (Å²) in [6, 6.07) is 16.6. The van der Waals surface area contributed by atoms with Gasteiger partial charge in [0.2, 0.25) is 0 Å². The fraction of sp³-hybridized carbons (Fsp3) is 0.304. The van der Waals surface area contributed by atoms with Crippen LogP contribution >= 0.6 is 0 Å². The summed E-state index contributed by atoms with van der Waals surface area (Å²) in [5.41, 5.74) is 0.335. The lowest BCUT2D eigenvalue weighted by Crippen LogP contribution is -2.29. The van der Waals surface area contributed by atoms with Crippen molar-refractivity contribution in [3.05, 3.63) is 78.4 Å². The summed E-state index contributed by atoms with van der Waals surface area (Å²) >= 11 is 0. The summed E-state index contributed by atoms with van der Waals surface area (Å²) in [6.45, 7) is -0.862. The molecule has 162 valence electrons. The van der Waals surface area contributed by atoms with Gasteiger partial charge in [-0.2, -0.15) is 8.78 Å². The van der Waals surface area contributed by atoms with Gasteiger partial charge in [-0.3, -0.25) is 0 Å². The van der Waals surface area contributed by atoms with Crippen LogP contribution in [-0.4, -0.2) is 43.0 Å². The molecule has 2 aromatic rings. The van der Waals surface area contributed by atoms with Crippen LogP contribution in [0.4, 0.5) is 13.6 Å². The molecule has 8 heteroatoms. The Morgan fingerprint density at radius 2 is 1.74 bits per heavy atom. The van der Waals surface area contributed by atoms with Crippen LogP contribution in [0.2, 0.25) is 0 Å². The van der Waals surface area contributed by atoms with Gasteiger partial charge in [0.25, 0.3) is 5.92 Å². The fourth-order valence-electron chi connectivity index (χ4n) is 3.65. The smallest absolute Gasteiger partial charge is 0.487 e. The average Bonchev–Trinajstić information content (AvgIpc) is 3.27. The molecule has 0 amide bonds. The van der Waals surface area contributed by atoms with E-state index in [1.54, 1.807) is 60.7 Å². The topological polar surface area (TPSA) is 71.1 Å². The number of alkyl halides is 2. The van der Waals surface area contributed by atoms with E-state index in [4.69, 9.17) is 18.9 Å². The third-order valence-corrected chi connectivity index (χ3v) is 5.12. The Hall–Kier alpha value is -3.42. The maximum absolute atomic E-state index is 14.4. The number of ether oxygens (including phenoxy) is 4. The number of carbonyl (C=O) groups is 2. The zero-order chi connectivity index (χ0) is 21.8. The highest BCUT2D eigenvalue weighted by Gasteiger charge is 2.53. The Morgan fingerprint density at radius 3 is 2.45 bits per heavy atom. The number of benzene rings is 2. The maximum atomic E-state index is 14.4. The van der Waals surface area contributed by atoms with Crippen LogP contribution in [0.5, 0.6) is 5.75 Å². The van der Waals surface area contributed by atoms with E-state index in [1.165, 1.54) is 6.08 Å². The maximum Gasteiger partial charge on any atom is 0.509 e. The normalized spacial score (nSPS) is 25.0. The number of carbonyl (C=O) groups excluding carboxylic acids is 2.